The zero-order chi connectivity index (χ0) is 13.1. The van der Waals surface area contributed by atoms with Gasteiger partial charge in [-0.25, -0.2) is 9.78 Å². The Balaban J connectivity index is 1.73. The van der Waals surface area contributed by atoms with Gasteiger partial charge in [-0.3, -0.25) is 0 Å². The minimum absolute atomic E-state index is 0.194. The maximum Gasteiger partial charge on any atom is 0.339 e. The molecule has 0 aliphatic heterocycles. The second kappa shape index (κ2) is 5.20. The molecule has 3 nitrogen and oxygen atoms in total. The first-order valence-corrected chi connectivity index (χ1v) is 6.81. The van der Waals surface area contributed by atoms with Crippen LogP contribution in [0.3, 0.4) is 0 Å². The summed E-state index contributed by atoms with van der Waals surface area (Å²) in [7, 11) is 0. The lowest BCUT2D eigenvalue weighted by Gasteiger charge is -2.04. The molecule has 3 rings (SSSR count). The van der Waals surface area contributed by atoms with Gasteiger partial charge in [0, 0.05) is 10.8 Å². The molecule has 0 aliphatic carbocycles. The maximum atomic E-state index is 11.7. The van der Waals surface area contributed by atoms with E-state index in [1.165, 1.54) is 11.3 Å². The van der Waals surface area contributed by atoms with Crippen LogP contribution in [0.25, 0.3) is 10.9 Å². The number of para-hydroxylation sites is 1. The SMILES string of the molecule is O=C(OCc1ccc2ccccc2n1)c1ccsc1. The summed E-state index contributed by atoms with van der Waals surface area (Å²) in [6.45, 7) is 0.194. The fraction of sp³-hybridized carbons (Fsp3) is 0.0667. The molecule has 0 fully saturated rings. The molecule has 2 aromatic heterocycles. The topological polar surface area (TPSA) is 39.2 Å². The van der Waals surface area contributed by atoms with Gasteiger partial charge in [-0.2, -0.15) is 11.3 Å². The molecule has 0 unspecified atom stereocenters. The number of esters is 1. The first-order chi connectivity index (χ1) is 9.33. The summed E-state index contributed by atoms with van der Waals surface area (Å²) in [5.41, 5.74) is 2.25. The molecule has 1 aromatic carbocycles. The summed E-state index contributed by atoms with van der Waals surface area (Å²) in [6, 6.07) is 13.5. The summed E-state index contributed by atoms with van der Waals surface area (Å²) >= 11 is 1.47. The first kappa shape index (κ1) is 11.9. The van der Waals surface area contributed by atoms with Gasteiger partial charge in [-0.1, -0.05) is 24.3 Å². The average Bonchev–Trinajstić information content (AvgIpc) is 2.99. The van der Waals surface area contributed by atoms with Crippen molar-refractivity contribution in [3.05, 3.63) is 64.5 Å². The van der Waals surface area contributed by atoms with Crippen LogP contribution in [-0.2, 0) is 11.3 Å². The van der Waals surface area contributed by atoms with E-state index >= 15 is 0 Å². The average molecular weight is 269 g/mol. The predicted octanol–water partition coefficient (Wildman–Crippen LogP) is 3.65. The van der Waals surface area contributed by atoms with Crippen LogP contribution in [0.1, 0.15) is 16.1 Å². The summed E-state index contributed by atoms with van der Waals surface area (Å²) in [4.78, 5) is 16.2. The number of benzene rings is 1. The lowest BCUT2D eigenvalue weighted by atomic mass is 10.2. The Bertz CT molecular complexity index is 707. The number of nitrogens with zero attached hydrogens (tertiary/aromatic N) is 1. The van der Waals surface area contributed by atoms with Gasteiger partial charge < -0.3 is 4.74 Å². The summed E-state index contributed by atoms with van der Waals surface area (Å²) in [5.74, 6) is -0.309. The van der Waals surface area contributed by atoms with E-state index < -0.39 is 0 Å². The smallest absolute Gasteiger partial charge is 0.339 e. The van der Waals surface area contributed by atoms with E-state index in [4.69, 9.17) is 4.74 Å². The van der Waals surface area contributed by atoms with E-state index in [1.54, 1.807) is 11.4 Å². The highest BCUT2D eigenvalue weighted by Gasteiger charge is 2.08. The number of rotatable bonds is 3. The van der Waals surface area contributed by atoms with Crippen molar-refractivity contribution in [2.75, 3.05) is 0 Å². The molecule has 0 saturated carbocycles. The van der Waals surface area contributed by atoms with Crippen LogP contribution in [-0.4, -0.2) is 11.0 Å². The summed E-state index contributed by atoms with van der Waals surface area (Å²) < 4.78 is 5.23. The number of hydrogen-bond acceptors (Lipinski definition) is 4. The van der Waals surface area contributed by atoms with E-state index in [0.29, 0.717) is 5.56 Å². The van der Waals surface area contributed by atoms with E-state index in [0.717, 1.165) is 16.6 Å². The number of fused-ring (bicyclic) bond motifs is 1. The predicted molar refractivity (Wildman–Crippen MR) is 75.2 cm³/mol. The fourth-order valence-corrected chi connectivity index (χ4v) is 2.42. The molecule has 0 N–H and O–H groups in total. The van der Waals surface area contributed by atoms with E-state index in [2.05, 4.69) is 4.98 Å². The van der Waals surface area contributed by atoms with Crippen molar-refractivity contribution in [1.82, 2.24) is 4.98 Å². The standard InChI is InChI=1S/C15H11NO2S/c17-15(12-7-8-19-10-12)18-9-13-6-5-11-3-1-2-4-14(11)16-13/h1-8,10H,9H2. The van der Waals surface area contributed by atoms with Crippen molar-refractivity contribution in [3.63, 3.8) is 0 Å². The van der Waals surface area contributed by atoms with Crippen LogP contribution in [0, 0.1) is 0 Å². The molecule has 0 aliphatic rings. The lowest BCUT2D eigenvalue weighted by molar-refractivity contribution is 0.0469. The second-order valence-electron chi connectivity index (χ2n) is 4.08. The summed E-state index contributed by atoms with van der Waals surface area (Å²) in [6.07, 6.45) is 0. The van der Waals surface area contributed by atoms with Gasteiger partial charge in [-0.05, 0) is 23.6 Å². The highest BCUT2D eigenvalue weighted by Crippen LogP contribution is 2.13. The van der Waals surface area contributed by atoms with Crippen LogP contribution in [0.15, 0.2) is 53.2 Å². The highest BCUT2D eigenvalue weighted by molar-refractivity contribution is 7.08. The molecule has 4 heteroatoms. The van der Waals surface area contributed by atoms with Crippen LogP contribution in [0.2, 0.25) is 0 Å². The molecule has 19 heavy (non-hydrogen) atoms. The monoisotopic (exact) mass is 269 g/mol. The lowest BCUT2D eigenvalue weighted by Crippen LogP contribution is -2.04. The van der Waals surface area contributed by atoms with Gasteiger partial charge in [0.25, 0.3) is 0 Å². The molecule has 0 atom stereocenters. The van der Waals surface area contributed by atoms with Crippen molar-refractivity contribution in [1.29, 1.82) is 0 Å². The number of thiophene rings is 1. The van der Waals surface area contributed by atoms with Crippen molar-refractivity contribution >= 4 is 28.2 Å². The van der Waals surface area contributed by atoms with Gasteiger partial charge in [-0.15, -0.1) is 0 Å². The Hall–Kier alpha value is -2.20. The number of aromatic nitrogens is 1. The Morgan fingerprint density at radius 2 is 2.05 bits per heavy atom. The minimum atomic E-state index is -0.309. The highest BCUT2D eigenvalue weighted by atomic mass is 32.1. The van der Waals surface area contributed by atoms with Gasteiger partial charge >= 0.3 is 5.97 Å². The molecule has 0 radical (unpaired) electrons. The van der Waals surface area contributed by atoms with Crippen LogP contribution in [0.5, 0.6) is 0 Å². The molecule has 0 bridgehead atoms. The van der Waals surface area contributed by atoms with Gasteiger partial charge in [0.15, 0.2) is 0 Å². The van der Waals surface area contributed by atoms with E-state index in [9.17, 15) is 4.79 Å². The van der Waals surface area contributed by atoms with Crippen LogP contribution in [0.4, 0.5) is 0 Å². The van der Waals surface area contributed by atoms with Crippen LogP contribution >= 0.6 is 11.3 Å². The largest absolute Gasteiger partial charge is 0.456 e. The van der Waals surface area contributed by atoms with Gasteiger partial charge in [0.1, 0.15) is 6.61 Å². The molecule has 0 saturated heterocycles. The molecular formula is C15H11NO2S. The number of pyridine rings is 1. The third-order valence-corrected chi connectivity index (χ3v) is 3.45. The number of hydrogen-bond donors (Lipinski definition) is 0. The zero-order valence-corrected chi connectivity index (χ0v) is 10.9. The minimum Gasteiger partial charge on any atom is -0.456 e. The Morgan fingerprint density at radius 3 is 2.89 bits per heavy atom. The fourth-order valence-electron chi connectivity index (χ4n) is 1.79. The zero-order valence-electron chi connectivity index (χ0n) is 10.1. The third kappa shape index (κ3) is 2.63. The second-order valence-corrected chi connectivity index (χ2v) is 4.86. The molecule has 0 spiro atoms. The van der Waals surface area contributed by atoms with Gasteiger partial charge in [0.05, 0.1) is 16.8 Å². The van der Waals surface area contributed by atoms with Crippen LogP contribution < -0.4 is 0 Å². The molecule has 3 aromatic rings. The Labute approximate surface area is 114 Å². The number of carbonyl (C=O) groups excluding carboxylic acids is 1. The molecule has 2 heterocycles. The first-order valence-electron chi connectivity index (χ1n) is 5.87. The maximum absolute atomic E-state index is 11.7. The molecule has 0 amide bonds. The van der Waals surface area contributed by atoms with E-state index in [1.807, 2.05) is 41.8 Å². The normalized spacial score (nSPS) is 10.5. The van der Waals surface area contributed by atoms with Crippen molar-refractivity contribution in [3.8, 4) is 0 Å². The summed E-state index contributed by atoms with van der Waals surface area (Å²) in [5, 5.41) is 4.71. The van der Waals surface area contributed by atoms with Gasteiger partial charge in [0.2, 0.25) is 0 Å². The Morgan fingerprint density at radius 1 is 1.16 bits per heavy atom. The molecule has 94 valence electrons. The van der Waals surface area contributed by atoms with Crippen molar-refractivity contribution in [2.45, 2.75) is 6.61 Å². The number of ether oxygens (including phenoxy) is 1. The number of carbonyl (C=O) groups is 1. The van der Waals surface area contributed by atoms with Crippen molar-refractivity contribution < 1.29 is 9.53 Å². The third-order valence-electron chi connectivity index (χ3n) is 2.76. The van der Waals surface area contributed by atoms with E-state index in [-0.39, 0.29) is 12.6 Å². The quantitative estimate of drug-likeness (QED) is 0.681. The van der Waals surface area contributed by atoms with Crippen molar-refractivity contribution in [2.24, 2.45) is 0 Å². The Kier molecular flexibility index (Phi) is 3.25. The molecular weight excluding hydrogens is 258 g/mol.